The Balaban J connectivity index is 1.51. The highest BCUT2D eigenvalue weighted by molar-refractivity contribution is 5.92. The van der Waals surface area contributed by atoms with Crippen LogP contribution in [0.2, 0.25) is 0 Å². The van der Waals surface area contributed by atoms with Crippen LogP contribution in [0.5, 0.6) is 0 Å². The van der Waals surface area contributed by atoms with E-state index in [2.05, 4.69) is 14.9 Å². The van der Waals surface area contributed by atoms with Gasteiger partial charge in [-0.05, 0) is 37.5 Å². The van der Waals surface area contributed by atoms with Crippen LogP contribution >= 0.6 is 0 Å². The van der Waals surface area contributed by atoms with Crippen molar-refractivity contribution in [1.29, 1.82) is 0 Å². The SMILES string of the molecule is O=C(NC[C@H]1CCC[C@@H](CO)C1)c1cn2c(n1)CCC2. The lowest BCUT2D eigenvalue weighted by Crippen LogP contribution is -2.32. The minimum Gasteiger partial charge on any atom is -0.396 e. The van der Waals surface area contributed by atoms with Gasteiger partial charge in [-0.1, -0.05) is 6.42 Å². The summed E-state index contributed by atoms with van der Waals surface area (Å²) < 4.78 is 2.08. The van der Waals surface area contributed by atoms with Gasteiger partial charge >= 0.3 is 0 Å². The molecule has 0 spiro atoms. The number of nitrogens with zero attached hydrogens (tertiary/aromatic N) is 2. The third kappa shape index (κ3) is 2.87. The molecule has 1 aromatic rings. The Kier molecular flexibility index (Phi) is 4.05. The van der Waals surface area contributed by atoms with Crippen LogP contribution in [0.15, 0.2) is 6.20 Å². The molecule has 0 unspecified atom stereocenters. The first-order chi connectivity index (χ1) is 9.76. The van der Waals surface area contributed by atoms with Gasteiger partial charge in [-0.25, -0.2) is 4.98 Å². The summed E-state index contributed by atoms with van der Waals surface area (Å²) in [6.07, 6.45) is 8.43. The summed E-state index contributed by atoms with van der Waals surface area (Å²) in [6, 6.07) is 0. The van der Waals surface area contributed by atoms with Gasteiger partial charge in [0.15, 0.2) is 0 Å². The number of fused-ring (bicyclic) bond motifs is 1. The molecule has 2 heterocycles. The molecule has 5 nitrogen and oxygen atoms in total. The molecule has 0 bridgehead atoms. The molecule has 1 fully saturated rings. The van der Waals surface area contributed by atoms with Crippen molar-refractivity contribution in [2.75, 3.05) is 13.2 Å². The Hall–Kier alpha value is -1.36. The van der Waals surface area contributed by atoms with Gasteiger partial charge < -0.3 is 15.0 Å². The fourth-order valence-electron chi connectivity index (χ4n) is 3.45. The second kappa shape index (κ2) is 5.95. The van der Waals surface area contributed by atoms with Crippen LogP contribution in [-0.4, -0.2) is 33.7 Å². The summed E-state index contributed by atoms with van der Waals surface area (Å²) in [5.41, 5.74) is 0.550. The molecule has 20 heavy (non-hydrogen) atoms. The van der Waals surface area contributed by atoms with Crippen molar-refractivity contribution < 1.29 is 9.90 Å². The summed E-state index contributed by atoms with van der Waals surface area (Å²) in [5, 5.41) is 12.2. The quantitative estimate of drug-likeness (QED) is 0.873. The highest BCUT2D eigenvalue weighted by Crippen LogP contribution is 2.28. The molecule has 3 rings (SSSR count). The van der Waals surface area contributed by atoms with Crippen LogP contribution in [0, 0.1) is 11.8 Å². The van der Waals surface area contributed by atoms with Crippen molar-refractivity contribution in [2.45, 2.75) is 45.1 Å². The van der Waals surface area contributed by atoms with E-state index < -0.39 is 0 Å². The highest BCUT2D eigenvalue weighted by atomic mass is 16.3. The van der Waals surface area contributed by atoms with E-state index in [1.807, 2.05) is 6.20 Å². The third-order valence-electron chi connectivity index (χ3n) is 4.59. The van der Waals surface area contributed by atoms with E-state index in [0.717, 1.165) is 50.9 Å². The highest BCUT2D eigenvalue weighted by Gasteiger charge is 2.23. The number of carbonyl (C=O) groups excluding carboxylic acids is 1. The van der Waals surface area contributed by atoms with E-state index in [0.29, 0.717) is 24.1 Å². The molecule has 1 amide bonds. The maximum absolute atomic E-state index is 12.1. The van der Waals surface area contributed by atoms with Crippen molar-refractivity contribution in [3.63, 3.8) is 0 Å². The second-order valence-electron chi connectivity index (χ2n) is 6.13. The largest absolute Gasteiger partial charge is 0.396 e. The minimum absolute atomic E-state index is 0.0574. The fourth-order valence-corrected chi connectivity index (χ4v) is 3.45. The fraction of sp³-hybridized carbons (Fsp3) is 0.733. The number of aliphatic hydroxyl groups is 1. The normalized spacial score (nSPS) is 25.4. The summed E-state index contributed by atoms with van der Waals surface area (Å²) in [7, 11) is 0. The number of hydrogen-bond donors (Lipinski definition) is 2. The van der Waals surface area contributed by atoms with Crippen molar-refractivity contribution in [3.05, 3.63) is 17.7 Å². The van der Waals surface area contributed by atoms with Crippen molar-refractivity contribution in [2.24, 2.45) is 11.8 Å². The monoisotopic (exact) mass is 277 g/mol. The smallest absolute Gasteiger partial charge is 0.271 e. The van der Waals surface area contributed by atoms with E-state index >= 15 is 0 Å². The minimum atomic E-state index is -0.0574. The molecule has 110 valence electrons. The molecule has 0 aromatic carbocycles. The Morgan fingerprint density at radius 2 is 2.25 bits per heavy atom. The Morgan fingerprint density at radius 1 is 1.40 bits per heavy atom. The number of imidazole rings is 1. The maximum Gasteiger partial charge on any atom is 0.271 e. The topological polar surface area (TPSA) is 67.2 Å². The zero-order valence-corrected chi connectivity index (χ0v) is 11.8. The van der Waals surface area contributed by atoms with E-state index in [4.69, 9.17) is 0 Å². The van der Waals surface area contributed by atoms with Crippen molar-refractivity contribution >= 4 is 5.91 Å². The van der Waals surface area contributed by atoms with Crippen LogP contribution in [0.4, 0.5) is 0 Å². The van der Waals surface area contributed by atoms with Gasteiger partial charge in [0.1, 0.15) is 11.5 Å². The van der Waals surface area contributed by atoms with Crippen LogP contribution in [-0.2, 0) is 13.0 Å². The lowest BCUT2D eigenvalue weighted by molar-refractivity contribution is 0.0929. The average Bonchev–Trinajstić information content (AvgIpc) is 3.06. The molecule has 1 aliphatic carbocycles. The predicted molar refractivity (Wildman–Crippen MR) is 75.4 cm³/mol. The maximum atomic E-state index is 12.1. The summed E-state index contributed by atoms with van der Waals surface area (Å²) in [4.78, 5) is 16.5. The number of hydrogen-bond acceptors (Lipinski definition) is 3. The van der Waals surface area contributed by atoms with Gasteiger partial charge in [0, 0.05) is 32.3 Å². The molecule has 2 atom stereocenters. The molecule has 5 heteroatoms. The Bertz CT molecular complexity index is 462. The first kappa shape index (κ1) is 13.6. The molecule has 1 aliphatic heterocycles. The van der Waals surface area contributed by atoms with Gasteiger partial charge in [0.25, 0.3) is 5.91 Å². The lowest BCUT2D eigenvalue weighted by Gasteiger charge is -2.27. The zero-order chi connectivity index (χ0) is 13.9. The van der Waals surface area contributed by atoms with E-state index in [1.54, 1.807) is 0 Å². The molecule has 1 saturated carbocycles. The first-order valence-corrected chi connectivity index (χ1v) is 7.71. The number of nitrogens with one attached hydrogen (secondary N) is 1. The number of aromatic nitrogens is 2. The van der Waals surface area contributed by atoms with Gasteiger partial charge in [-0.15, -0.1) is 0 Å². The van der Waals surface area contributed by atoms with E-state index in [1.165, 1.54) is 0 Å². The van der Waals surface area contributed by atoms with E-state index in [9.17, 15) is 9.90 Å². The number of aliphatic hydroxyl groups excluding tert-OH is 1. The molecule has 2 aliphatic rings. The predicted octanol–water partition coefficient (Wildman–Crippen LogP) is 1.36. The summed E-state index contributed by atoms with van der Waals surface area (Å²) in [5.74, 6) is 1.90. The molecule has 0 saturated heterocycles. The molecule has 0 radical (unpaired) electrons. The Labute approximate surface area is 119 Å². The van der Waals surface area contributed by atoms with Crippen molar-refractivity contribution in [3.8, 4) is 0 Å². The molecular formula is C15H23N3O2. The van der Waals surface area contributed by atoms with Gasteiger partial charge in [0.2, 0.25) is 0 Å². The van der Waals surface area contributed by atoms with Crippen LogP contribution < -0.4 is 5.32 Å². The number of carbonyl (C=O) groups is 1. The number of aryl methyl sites for hydroxylation is 2. The standard InChI is InChI=1S/C15H23N3O2/c19-10-12-4-1-3-11(7-12)8-16-15(20)13-9-18-6-2-5-14(18)17-13/h9,11-12,19H,1-8,10H2,(H,16,20)/t11-,12+/m0/s1. The van der Waals surface area contributed by atoms with Gasteiger partial charge in [-0.3, -0.25) is 4.79 Å². The van der Waals surface area contributed by atoms with Crippen molar-refractivity contribution in [1.82, 2.24) is 14.9 Å². The van der Waals surface area contributed by atoms with Gasteiger partial charge in [0.05, 0.1) is 0 Å². The van der Waals surface area contributed by atoms with Crippen LogP contribution in [0.1, 0.15) is 48.4 Å². The summed E-state index contributed by atoms with van der Waals surface area (Å²) >= 11 is 0. The number of amides is 1. The third-order valence-corrected chi connectivity index (χ3v) is 4.59. The molecular weight excluding hydrogens is 254 g/mol. The average molecular weight is 277 g/mol. The van der Waals surface area contributed by atoms with Gasteiger partial charge in [-0.2, -0.15) is 0 Å². The van der Waals surface area contributed by atoms with Crippen LogP contribution in [0.25, 0.3) is 0 Å². The number of rotatable bonds is 4. The Morgan fingerprint density at radius 3 is 3.05 bits per heavy atom. The molecule has 1 aromatic heterocycles. The van der Waals surface area contributed by atoms with Crippen LogP contribution in [0.3, 0.4) is 0 Å². The summed E-state index contributed by atoms with van der Waals surface area (Å²) in [6.45, 7) is 1.96. The zero-order valence-electron chi connectivity index (χ0n) is 11.8. The lowest BCUT2D eigenvalue weighted by atomic mass is 9.82. The second-order valence-corrected chi connectivity index (χ2v) is 6.13. The van der Waals surface area contributed by atoms with E-state index in [-0.39, 0.29) is 12.5 Å². The first-order valence-electron chi connectivity index (χ1n) is 7.71. The molecule has 2 N–H and O–H groups in total.